The van der Waals surface area contributed by atoms with E-state index in [1.54, 1.807) is 0 Å². The summed E-state index contributed by atoms with van der Waals surface area (Å²) in [6.45, 7) is 5.53. The van der Waals surface area contributed by atoms with Gasteiger partial charge in [0.2, 0.25) is 0 Å². The smallest absolute Gasteiger partial charge is 0.108 e. The summed E-state index contributed by atoms with van der Waals surface area (Å²) in [6, 6.07) is 1.39. The normalized spacial score (nSPS) is 17.6. The predicted molar refractivity (Wildman–Crippen MR) is 66.6 cm³/mol. The van der Waals surface area contributed by atoms with Crippen LogP contribution in [0.3, 0.4) is 0 Å². The molecule has 0 amide bonds. The quantitative estimate of drug-likeness (QED) is 0.767. The molecule has 0 aromatic carbocycles. The molecule has 16 heavy (non-hydrogen) atoms. The lowest BCUT2D eigenvalue weighted by Crippen LogP contribution is -2.27. The lowest BCUT2D eigenvalue weighted by Gasteiger charge is -2.20. The Kier molecular flexibility index (Phi) is 3.99. The van der Waals surface area contributed by atoms with E-state index >= 15 is 0 Å². The van der Waals surface area contributed by atoms with E-state index in [2.05, 4.69) is 34.9 Å². The number of hydrogen-bond donors (Lipinski definition) is 1. The van der Waals surface area contributed by atoms with Gasteiger partial charge < -0.3 is 9.88 Å². The van der Waals surface area contributed by atoms with Crippen LogP contribution >= 0.6 is 0 Å². The van der Waals surface area contributed by atoms with Crippen LogP contribution in [0.25, 0.3) is 0 Å². The molecule has 0 saturated heterocycles. The minimum Gasteiger partial charge on any atom is -0.331 e. The summed E-state index contributed by atoms with van der Waals surface area (Å²) in [5.41, 5.74) is 0. The molecule has 0 radical (unpaired) electrons. The second kappa shape index (κ2) is 5.48. The maximum absolute atomic E-state index is 4.42. The largest absolute Gasteiger partial charge is 0.331 e. The third-order valence-electron chi connectivity index (χ3n) is 3.30. The van der Waals surface area contributed by atoms with Gasteiger partial charge in [-0.25, -0.2) is 4.98 Å². The Bertz CT molecular complexity index is 315. The molecular formula is C13H23N3. The van der Waals surface area contributed by atoms with Crippen LogP contribution in [0.2, 0.25) is 0 Å². The third kappa shape index (κ3) is 2.85. The summed E-state index contributed by atoms with van der Waals surface area (Å²) in [6.07, 6.45) is 10.3. The average Bonchev–Trinajstić information content (AvgIpc) is 3.00. The summed E-state index contributed by atoms with van der Waals surface area (Å²) in [4.78, 5) is 4.42. The van der Waals surface area contributed by atoms with Crippen LogP contribution in [-0.2, 0) is 6.42 Å². The highest BCUT2D eigenvalue weighted by molar-refractivity contribution is 4.96. The van der Waals surface area contributed by atoms with Crippen LogP contribution < -0.4 is 5.32 Å². The number of aryl methyl sites for hydroxylation is 1. The first kappa shape index (κ1) is 11.6. The van der Waals surface area contributed by atoms with Crippen molar-refractivity contribution >= 4 is 0 Å². The molecule has 1 fully saturated rings. The van der Waals surface area contributed by atoms with Crippen molar-refractivity contribution in [1.82, 2.24) is 14.9 Å². The Morgan fingerprint density at radius 1 is 1.50 bits per heavy atom. The second-order valence-electron chi connectivity index (χ2n) is 4.73. The Morgan fingerprint density at radius 2 is 2.31 bits per heavy atom. The summed E-state index contributed by atoms with van der Waals surface area (Å²) < 4.78 is 2.36. The first-order chi connectivity index (χ1) is 7.85. The van der Waals surface area contributed by atoms with E-state index in [0.29, 0.717) is 6.04 Å². The maximum Gasteiger partial charge on any atom is 0.108 e. The van der Waals surface area contributed by atoms with Crippen LogP contribution in [0, 0.1) is 0 Å². The van der Waals surface area contributed by atoms with Gasteiger partial charge in [0, 0.05) is 37.4 Å². The van der Waals surface area contributed by atoms with Crippen molar-refractivity contribution in [1.29, 1.82) is 0 Å². The fourth-order valence-corrected chi connectivity index (χ4v) is 2.21. The van der Waals surface area contributed by atoms with Crippen molar-refractivity contribution in [3.05, 3.63) is 18.2 Å². The van der Waals surface area contributed by atoms with Crippen LogP contribution in [0.4, 0.5) is 0 Å². The molecule has 0 aliphatic heterocycles. The molecule has 1 N–H and O–H groups in total. The van der Waals surface area contributed by atoms with Crippen LogP contribution in [-0.4, -0.2) is 22.1 Å². The van der Waals surface area contributed by atoms with E-state index in [1.165, 1.54) is 31.5 Å². The molecule has 1 aliphatic carbocycles. The van der Waals surface area contributed by atoms with Crippen molar-refractivity contribution in [2.24, 2.45) is 0 Å². The molecule has 2 rings (SSSR count). The van der Waals surface area contributed by atoms with E-state index in [-0.39, 0.29) is 0 Å². The molecule has 1 aromatic heterocycles. The number of hydrogen-bond acceptors (Lipinski definition) is 2. The molecule has 0 bridgehead atoms. The summed E-state index contributed by atoms with van der Waals surface area (Å²) >= 11 is 0. The fraction of sp³-hybridized carbons (Fsp3) is 0.769. The van der Waals surface area contributed by atoms with Crippen LogP contribution in [0.1, 0.15) is 51.4 Å². The van der Waals surface area contributed by atoms with Gasteiger partial charge in [0.25, 0.3) is 0 Å². The first-order valence-corrected chi connectivity index (χ1v) is 6.60. The van der Waals surface area contributed by atoms with Gasteiger partial charge in [-0.1, -0.05) is 20.3 Å². The molecular weight excluding hydrogens is 198 g/mol. The van der Waals surface area contributed by atoms with Gasteiger partial charge in [0.15, 0.2) is 0 Å². The molecule has 1 saturated carbocycles. The highest BCUT2D eigenvalue weighted by Gasteiger charge is 2.22. The third-order valence-corrected chi connectivity index (χ3v) is 3.30. The van der Waals surface area contributed by atoms with E-state index in [0.717, 1.165) is 19.0 Å². The molecule has 0 spiro atoms. The summed E-state index contributed by atoms with van der Waals surface area (Å²) in [5, 5.41) is 3.63. The van der Waals surface area contributed by atoms with Gasteiger partial charge in [-0.2, -0.15) is 0 Å². The van der Waals surface area contributed by atoms with E-state index in [1.807, 2.05) is 6.20 Å². The number of imidazole rings is 1. The highest BCUT2D eigenvalue weighted by Crippen LogP contribution is 2.21. The lowest BCUT2D eigenvalue weighted by atomic mass is 10.1. The number of aromatic nitrogens is 2. The minimum atomic E-state index is 0.586. The molecule has 1 atom stereocenters. The molecule has 1 heterocycles. The van der Waals surface area contributed by atoms with Gasteiger partial charge in [-0.3, -0.25) is 0 Å². The fourth-order valence-electron chi connectivity index (χ4n) is 2.21. The van der Waals surface area contributed by atoms with Crippen LogP contribution in [0.15, 0.2) is 12.4 Å². The highest BCUT2D eigenvalue weighted by atomic mass is 15.1. The van der Waals surface area contributed by atoms with Crippen molar-refractivity contribution in [3.8, 4) is 0 Å². The summed E-state index contributed by atoms with van der Waals surface area (Å²) in [5.74, 6) is 1.22. The maximum atomic E-state index is 4.42. The summed E-state index contributed by atoms with van der Waals surface area (Å²) in [7, 11) is 0. The zero-order valence-corrected chi connectivity index (χ0v) is 10.4. The molecule has 3 nitrogen and oxygen atoms in total. The second-order valence-corrected chi connectivity index (χ2v) is 4.73. The molecule has 90 valence electrons. The van der Waals surface area contributed by atoms with Crippen molar-refractivity contribution in [2.45, 2.75) is 58.0 Å². The zero-order chi connectivity index (χ0) is 11.4. The van der Waals surface area contributed by atoms with Gasteiger partial charge in [0.1, 0.15) is 5.82 Å². The molecule has 1 aromatic rings. The van der Waals surface area contributed by atoms with Gasteiger partial charge >= 0.3 is 0 Å². The van der Waals surface area contributed by atoms with Gasteiger partial charge in [0.05, 0.1) is 0 Å². The minimum absolute atomic E-state index is 0.586. The van der Waals surface area contributed by atoms with E-state index in [4.69, 9.17) is 0 Å². The SMILES string of the molecule is CCCC(CNC1CC1)n1ccnc1CC. The Labute approximate surface area is 98.3 Å². The Hall–Kier alpha value is -0.830. The number of nitrogens with one attached hydrogen (secondary N) is 1. The number of nitrogens with zero attached hydrogens (tertiary/aromatic N) is 2. The molecule has 1 unspecified atom stereocenters. The monoisotopic (exact) mass is 221 g/mol. The lowest BCUT2D eigenvalue weighted by molar-refractivity contribution is 0.416. The first-order valence-electron chi connectivity index (χ1n) is 6.60. The number of rotatable bonds is 7. The van der Waals surface area contributed by atoms with Crippen molar-refractivity contribution in [2.75, 3.05) is 6.54 Å². The Balaban J connectivity index is 1.98. The van der Waals surface area contributed by atoms with Gasteiger partial charge in [-0.05, 0) is 19.3 Å². The van der Waals surface area contributed by atoms with Crippen LogP contribution in [0.5, 0.6) is 0 Å². The molecule has 3 heteroatoms. The van der Waals surface area contributed by atoms with E-state index in [9.17, 15) is 0 Å². The standard InChI is InChI=1S/C13H23N3/c1-3-5-12(10-15-11-6-7-11)16-9-8-14-13(16)4-2/h8-9,11-12,15H,3-7,10H2,1-2H3. The predicted octanol–water partition coefficient (Wildman–Crippen LogP) is 2.54. The average molecular weight is 221 g/mol. The van der Waals surface area contributed by atoms with Crippen molar-refractivity contribution < 1.29 is 0 Å². The van der Waals surface area contributed by atoms with E-state index < -0.39 is 0 Å². The van der Waals surface area contributed by atoms with Gasteiger partial charge in [-0.15, -0.1) is 0 Å². The Morgan fingerprint density at radius 3 is 2.94 bits per heavy atom. The molecule has 1 aliphatic rings. The van der Waals surface area contributed by atoms with Crippen molar-refractivity contribution in [3.63, 3.8) is 0 Å². The topological polar surface area (TPSA) is 29.9 Å². The zero-order valence-electron chi connectivity index (χ0n) is 10.4.